The van der Waals surface area contributed by atoms with Crippen LogP contribution in [0.1, 0.15) is 31.5 Å². The molecular weight excluding hydrogens is 206 g/mol. The second-order valence-corrected chi connectivity index (χ2v) is 4.07. The van der Waals surface area contributed by atoms with Gasteiger partial charge in [0.2, 0.25) is 0 Å². The van der Waals surface area contributed by atoms with Gasteiger partial charge in [-0.2, -0.15) is 0 Å². The second-order valence-electron chi connectivity index (χ2n) is 4.07. The Hall–Kier alpha value is -1.36. The first-order valence-electron chi connectivity index (χ1n) is 5.65. The van der Waals surface area contributed by atoms with Gasteiger partial charge in [-0.3, -0.25) is 4.79 Å². The van der Waals surface area contributed by atoms with Gasteiger partial charge in [0.15, 0.2) is 0 Å². The molecular formula is C11H17N3O2. The van der Waals surface area contributed by atoms with E-state index in [1.807, 2.05) is 10.8 Å². The van der Waals surface area contributed by atoms with Crippen LogP contribution in [0.25, 0.3) is 0 Å². The fourth-order valence-electron chi connectivity index (χ4n) is 1.71. The minimum atomic E-state index is -0.605. The predicted octanol–water partition coefficient (Wildman–Crippen LogP) is 0.651. The first kappa shape index (κ1) is 11.1. The number of carbonyl (C=O) groups is 1. The molecule has 88 valence electrons. The molecule has 1 atom stereocenters. The SMILES string of the molecule is CCOC(=O)C(N)Cn1ccnc1C1CC1. The maximum Gasteiger partial charge on any atom is 0.324 e. The summed E-state index contributed by atoms with van der Waals surface area (Å²) >= 11 is 0. The molecule has 0 radical (unpaired) electrons. The highest BCUT2D eigenvalue weighted by atomic mass is 16.5. The van der Waals surface area contributed by atoms with Gasteiger partial charge in [0.25, 0.3) is 0 Å². The van der Waals surface area contributed by atoms with Crippen molar-refractivity contribution < 1.29 is 9.53 Å². The van der Waals surface area contributed by atoms with E-state index in [9.17, 15) is 4.79 Å². The van der Waals surface area contributed by atoms with Crippen LogP contribution >= 0.6 is 0 Å². The van der Waals surface area contributed by atoms with Crippen LogP contribution < -0.4 is 5.73 Å². The molecule has 1 heterocycles. The van der Waals surface area contributed by atoms with Crippen molar-refractivity contribution in [2.75, 3.05) is 6.61 Å². The van der Waals surface area contributed by atoms with Gasteiger partial charge in [0, 0.05) is 24.9 Å². The fraction of sp³-hybridized carbons (Fsp3) is 0.636. The van der Waals surface area contributed by atoms with E-state index in [0.717, 1.165) is 5.82 Å². The van der Waals surface area contributed by atoms with E-state index in [2.05, 4.69) is 4.98 Å². The number of ether oxygens (including phenoxy) is 1. The fourth-order valence-corrected chi connectivity index (χ4v) is 1.71. The normalized spacial score (nSPS) is 17.1. The van der Waals surface area contributed by atoms with E-state index in [-0.39, 0.29) is 5.97 Å². The van der Waals surface area contributed by atoms with Gasteiger partial charge in [0.05, 0.1) is 6.61 Å². The molecule has 0 saturated heterocycles. The van der Waals surface area contributed by atoms with Crippen LogP contribution in [0.5, 0.6) is 0 Å². The van der Waals surface area contributed by atoms with Crippen LogP contribution in [0.2, 0.25) is 0 Å². The third-order valence-corrected chi connectivity index (χ3v) is 2.67. The number of nitrogens with zero attached hydrogens (tertiary/aromatic N) is 2. The Labute approximate surface area is 94.6 Å². The lowest BCUT2D eigenvalue weighted by atomic mass is 10.3. The van der Waals surface area contributed by atoms with Crippen molar-refractivity contribution in [1.82, 2.24) is 9.55 Å². The van der Waals surface area contributed by atoms with Gasteiger partial charge in [-0.05, 0) is 19.8 Å². The molecule has 1 aromatic heterocycles. The zero-order valence-corrected chi connectivity index (χ0v) is 9.43. The van der Waals surface area contributed by atoms with Gasteiger partial charge in [-0.25, -0.2) is 4.98 Å². The molecule has 2 rings (SSSR count). The van der Waals surface area contributed by atoms with Crippen LogP contribution in [0.15, 0.2) is 12.4 Å². The average Bonchev–Trinajstić information content (AvgIpc) is 3.00. The Morgan fingerprint density at radius 2 is 2.50 bits per heavy atom. The van der Waals surface area contributed by atoms with Crippen molar-refractivity contribution in [3.63, 3.8) is 0 Å². The summed E-state index contributed by atoms with van der Waals surface area (Å²) in [6.45, 7) is 2.59. The second kappa shape index (κ2) is 4.65. The predicted molar refractivity (Wildman–Crippen MR) is 58.8 cm³/mol. The van der Waals surface area contributed by atoms with E-state index < -0.39 is 6.04 Å². The van der Waals surface area contributed by atoms with Crippen molar-refractivity contribution in [3.05, 3.63) is 18.2 Å². The number of hydrogen-bond acceptors (Lipinski definition) is 4. The summed E-state index contributed by atoms with van der Waals surface area (Å²) in [6.07, 6.45) is 6.00. The number of imidazole rings is 1. The third-order valence-electron chi connectivity index (χ3n) is 2.67. The van der Waals surface area contributed by atoms with E-state index in [0.29, 0.717) is 19.1 Å². The van der Waals surface area contributed by atoms with Gasteiger partial charge in [-0.1, -0.05) is 0 Å². The van der Waals surface area contributed by atoms with Gasteiger partial charge in [0.1, 0.15) is 11.9 Å². The van der Waals surface area contributed by atoms with Crippen LogP contribution in [0.3, 0.4) is 0 Å². The van der Waals surface area contributed by atoms with Gasteiger partial charge in [-0.15, -0.1) is 0 Å². The van der Waals surface area contributed by atoms with E-state index in [4.69, 9.17) is 10.5 Å². The highest BCUT2D eigenvalue weighted by Crippen LogP contribution is 2.38. The molecule has 1 aliphatic rings. The van der Waals surface area contributed by atoms with E-state index in [1.54, 1.807) is 13.1 Å². The minimum absolute atomic E-state index is 0.349. The van der Waals surface area contributed by atoms with Crippen LogP contribution in [-0.2, 0) is 16.1 Å². The minimum Gasteiger partial charge on any atom is -0.465 e. The van der Waals surface area contributed by atoms with Gasteiger partial charge >= 0.3 is 5.97 Å². The van der Waals surface area contributed by atoms with E-state index >= 15 is 0 Å². The van der Waals surface area contributed by atoms with Crippen LogP contribution in [0.4, 0.5) is 0 Å². The number of nitrogens with two attached hydrogens (primary N) is 1. The lowest BCUT2D eigenvalue weighted by molar-refractivity contribution is -0.145. The quantitative estimate of drug-likeness (QED) is 0.744. The zero-order valence-electron chi connectivity index (χ0n) is 9.43. The molecule has 1 aliphatic carbocycles. The van der Waals surface area contributed by atoms with Crippen LogP contribution in [0, 0.1) is 0 Å². The summed E-state index contributed by atoms with van der Waals surface area (Å²) in [5.41, 5.74) is 5.76. The summed E-state index contributed by atoms with van der Waals surface area (Å²) in [6, 6.07) is -0.605. The highest BCUT2D eigenvalue weighted by molar-refractivity contribution is 5.75. The molecule has 0 bridgehead atoms. The van der Waals surface area contributed by atoms with Crippen molar-refractivity contribution in [1.29, 1.82) is 0 Å². The summed E-state index contributed by atoms with van der Waals surface area (Å²) in [5, 5.41) is 0. The Bertz CT molecular complexity index is 371. The summed E-state index contributed by atoms with van der Waals surface area (Å²) in [7, 11) is 0. The first-order valence-corrected chi connectivity index (χ1v) is 5.65. The molecule has 5 nitrogen and oxygen atoms in total. The molecule has 16 heavy (non-hydrogen) atoms. The first-order chi connectivity index (χ1) is 7.72. The average molecular weight is 223 g/mol. The molecule has 1 aromatic rings. The Kier molecular flexibility index (Phi) is 3.24. The zero-order chi connectivity index (χ0) is 11.5. The molecule has 1 unspecified atom stereocenters. The number of aromatic nitrogens is 2. The van der Waals surface area contributed by atoms with Crippen molar-refractivity contribution in [2.45, 2.75) is 38.3 Å². The number of rotatable bonds is 5. The third kappa shape index (κ3) is 2.41. The van der Waals surface area contributed by atoms with Crippen molar-refractivity contribution >= 4 is 5.97 Å². The maximum atomic E-state index is 11.4. The molecule has 0 aliphatic heterocycles. The number of hydrogen-bond donors (Lipinski definition) is 1. The summed E-state index contributed by atoms with van der Waals surface area (Å²) < 4.78 is 6.83. The monoisotopic (exact) mass is 223 g/mol. The molecule has 5 heteroatoms. The van der Waals surface area contributed by atoms with Crippen molar-refractivity contribution in [2.24, 2.45) is 5.73 Å². The summed E-state index contributed by atoms with van der Waals surface area (Å²) in [5.74, 6) is 1.25. The Morgan fingerprint density at radius 1 is 1.75 bits per heavy atom. The lowest BCUT2D eigenvalue weighted by Gasteiger charge is -2.13. The molecule has 2 N–H and O–H groups in total. The maximum absolute atomic E-state index is 11.4. The number of esters is 1. The molecule has 1 fully saturated rings. The molecule has 0 amide bonds. The highest BCUT2D eigenvalue weighted by Gasteiger charge is 2.28. The summed E-state index contributed by atoms with van der Waals surface area (Å²) in [4.78, 5) is 15.7. The molecule has 0 spiro atoms. The van der Waals surface area contributed by atoms with E-state index in [1.165, 1.54) is 12.8 Å². The number of carbonyl (C=O) groups excluding carboxylic acids is 1. The Balaban J connectivity index is 1.97. The lowest BCUT2D eigenvalue weighted by Crippen LogP contribution is -2.36. The largest absolute Gasteiger partial charge is 0.465 e. The standard InChI is InChI=1S/C11H17N3O2/c1-2-16-11(15)9(12)7-14-6-5-13-10(14)8-3-4-8/h5-6,8-9H,2-4,7,12H2,1H3. The van der Waals surface area contributed by atoms with Gasteiger partial charge < -0.3 is 15.0 Å². The molecule has 1 saturated carbocycles. The van der Waals surface area contributed by atoms with Crippen molar-refractivity contribution in [3.8, 4) is 0 Å². The topological polar surface area (TPSA) is 70.1 Å². The smallest absolute Gasteiger partial charge is 0.324 e. The molecule has 0 aromatic carbocycles. The Morgan fingerprint density at radius 3 is 3.12 bits per heavy atom. The van der Waals surface area contributed by atoms with Crippen LogP contribution in [-0.4, -0.2) is 28.2 Å².